The largest absolute Gasteiger partial charge is 0.454 e. The van der Waals surface area contributed by atoms with Crippen LogP contribution in [0.15, 0.2) is 40.5 Å². The predicted octanol–water partition coefficient (Wildman–Crippen LogP) is 2.60. The molecule has 1 aliphatic heterocycles. The van der Waals surface area contributed by atoms with Crippen LogP contribution in [0.25, 0.3) is 11.3 Å². The first kappa shape index (κ1) is 17.2. The maximum atomic E-state index is 12.5. The quantitative estimate of drug-likeness (QED) is 0.743. The maximum Gasteiger partial charge on any atom is 0.267 e. The number of aromatic nitrogens is 3. The third-order valence-corrected chi connectivity index (χ3v) is 4.96. The number of ether oxygens (including phenoxy) is 2. The van der Waals surface area contributed by atoms with Gasteiger partial charge >= 0.3 is 0 Å². The van der Waals surface area contributed by atoms with E-state index in [1.54, 1.807) is 25.1 Å². The lowest BCUT2D eigenvalue weighted by Crippen LogP contribution is -2.33. The molecule has 1 N–H and O–H groups in total. The number of hydrogen-bond donors (Lipinski definition) is 1. The van der Waals surface area contributed by atoms with Crippen LogP contribution in [-0.4, -0.2) is 27.5 Å². The van der Waals surface area contributed by atoms with Crippen molar-refractivity contribution in [1.29, 1.82) is 0 Å². The van der Waals surface area contributed by atoms with Gasteiger partial charge in [-0.05, 0) is 38.1 Å². The number of anilines is 1. The van der Waals surface area contributed by atoms with E-state index in [1.165, 1.54) is 17.4 Å². The van der Waals surface area contributed by atoms with Crippen molar-refractivity contribution < 1.29 is 14.3 Å². The zero-order valence-corrected chi connectivity index (χ0v) is 15.4. The number of amides is 1. The fourth-order valence-corrected chi connectivity index (χ4v) is 3.34. The summed E-state index contributed by atoms with van der Waals surface area (Å²) in [6.45, 7) is 3.64. The summed E-state index contributed by atoms with van der Waals surface area (Å²) in [7, 11) is 0. The van der Waals surface area contributed by atoms with E-state index < -0.39 is 6.04 Å². The topological polar surface area (TPSA) is 95.3 Å². The number of aryl methyl sites for hydroxylation is 1. The molecular weight excluding hydrogens is 368 g/mol. The van der Waals surface area contributed by atoms with Gasteiger partial charge in [0.05, 0.1) is 11.4 Å². The minimum atomic E-state index is -0.796. The number of fused-ring (bicyclic) bond motifs is 1. The molecule has 1 unspecified atom stereocenters. The van der Waals surface area contributed by atoms with Crippen molar-refractivity contribution in [2.24, 2.45) is 0 Å². The van der Waals surface area contributed by atoms with Crippen LogP contribution in [0.1, 0.15) is 18.7 Å². The summed E-state index contributed by atoms with van der Waals surface area (Å²) in [6, 6.07) is 7.62. The van der Waals surface area contributed by atoms with Crippen molar-refractivity contribution >= 4 is 22.4 Å². The summed E-state index contributed by atoms with van der Waals surface area (Å²) in [4.78, 5) is 29.0. The first-order valence-corrected chi connectivity index (χ1v) is 9.12. The van der Waals surface area contributed by atoms with Crippen LogP contribution in [0, 0.1) is 6.92 Å². The van der Waals surface area contributed by atoms with Gasteiger partial charge in [-0.25, -0.2) is 9.67 Å². The van der Waals surface area contributed by atoms with Gasteiger partial charge in [-0.1, -0.05) is 0 Å². The Hall–Kier alpha value is -3.20. The van der Waals surface area contributed by atoms with Crippen LogP contribution in [0.4, 0.5) is 5.13 Å². The van der Waals surface area contributed by atoms with E-state index in [0.29, 0.717) is 22.3 Å². The van der Waals surface area contributed by atoms with Gasteiger partial charge in [-0.2, -0.15) is 5.10 Å². The molecule has 0 saturated carbocycles. The lowest BCUT2D eigenvalue weighted by atomic mass is 10.1. The first-order chi connectivity index (χ1) is 13.0. The highest BCUT2D eigenvalue weighted by Crippen LogP contribution is 2.35. The Morgan fingerprint density at radius 1 is 1.26 bits per heavy atom. The van der Waals surface area contributed by atoms with Crippen molar-refractivity contribution in [2.75, 3.05) is 12.1 Å². The van der Waals surface area contributed by atoms with Gasteiger partial charge in [0.1, 0.15) is 6.04 Å². The zero-order valence-electron chi connectivity index (χ0n) is 14.6. The molecule has 0 aliphatic carbocycles. The maximum absolute atomic E-state index is 12.5. The molecule has 0 radical (unpaired) electrons. The molecule has 8 nitrogen and oxygen atoms in total. The average Bonchev–Trinajstić information content (AvgIpc) is 3.29. The Morgan fingerprint density at radius 3 is 2.85 bits per heavy atom. The SMILES string of the molecule is Cc1csc(NC(=O)C(C)n2nc(-c3ccc4c(c3)OCO4)ccc2=O)n1. The molecule has 1 aromatic carbocycles. The molecule has 138 valence electrons. The Balaban J connectivity index is 1.62. The lowest BCUT2D eigenvalue weighted by molar-refractivity contribution is -0.119. The highest BCUT2D eigenvalue weighted by Gasteiger charge is 2.20. The van der Waals surface area contributed by atoms with Crippen molar-refractivity contribution in [2.45, 2.75) is 19.9 Å². The molecule has 4 rings (SSSR count). The molecule has 1 atom stereocenters. The summed E-state index contributed by atoms with van der Waals surface area (Å²) in [5, 5.41) is 9.41. The molecule has 3 heterocycles. The van der Waals surface area contributed by atoms with Crippen LogP contribution in [0.2, 0.25) is 0 Å². The molecule has 1 aliphatic rings. The fourth-order valence-electron chi connectivity index (χ4n) is 2.64. The number of rotatable bonds is 4. The monoisotopic (exact) mass is 384 g/mol. The van der Waals surface area contributed by atoms with E-state index >= 15 is 0 Å². The number of carbonyl (C=O) groups is 1. The van der Waals surface area contributed by atoms with Gasteiger partial charge < -0.3 is 14.8 Å². The highest BCUT2D eigenvalue weighted by molar-refractivity contribution is 7.13. The Kier molecular flexibility index (Phi) is 4.36. The number of thiazole rings is 1. The number of nitrogens with one attached hydrogen (secondary N) is 1. The van der Waals surface area contributed by atoms with E-state index in [-0.39, 0.29) is 18.3 Å². The second-order valence-electron chi connectivity index (χ2n) is 6.03. The minimum Gasteiger partial charge on any atom is -0.454 e. The van der Waals surface area contributed by atoms with E-state index in [1.807, 2.05) is 18.4 Å². The molecule has 0 bridgehead atoms. The van der Waals surface area contributed by atoms with Gasteiger partial charge in [0.25, 0.3) is 11.5 Å². The fraction of sp³-hybridized carbons (Fsp3) is 0.222. The Labute approximate surface area is 158 Å². The molecule has 0 saturated heterocycles. The van der Waals surface area contributed by atoms with Crippen LogP contribution >= 0.6 is 11.3 Å². The van der Waals surface area contributed by atoms with Gasteiger partial charge in [-0.15, -0.1) is 11.3 Å². The zero-order chi connectivity index (χ0) is 19.0. The summed E-state index contributed by atoms with van der Waals surface area (Å²) in [5.74, 6) is 0.928. The Morgan fingerprint density at radius 2 is 2.07 bits per heavy atom. The summed E-state index contributed by atoms with van der Waals surface area (Å²) in [5.41, 5.74) is 1.77. The van der Waals surface area contributed by atoms with Gasteiger partial charge in [0.15, 0.2) is 16.6 Å². The second kappa shape index (κ2) is 6.84. The lowest BCUT2D eigenvalue weighted by Gasteiger charge is -2.14. The smallest absolute Gasteiger partial charge is 0.267 e. The average molecular weight is 384 g/mol. The van der Waals surface area contributed by atoms with E-state index in [2.05, 4.69) is 15.4 Å². The first-order valence-electron chi connectivity index (χ1n) is 8.24. The van der Waals surface area contributed by atoms with E-state index in [0.717, 1.165) is 15.9 Å². The van der Waals surface area contributed by atoms with Crippen molar-refractivity contribution in [3.63, 3.8) is 0 Å². The molecule has 9 heteroatoms. The molecule has 27 heavy (non-hydrogen) atoms. The van der Waals surface area contributed by atoms with E-state index in [4.69, 9.17) is 9.47 Å². The van der Waals surface area contributed by atoms with Crippen LogP contribution in [0.3, 0.4) is 0 Å². The minimum absolute atomic E-state index is 0.180. The summed E-state index contributed by atoms with van der Waals surface area (Å²) in [6.07, 6.45) is 0. The molecular formula is C18H16N4O4S. The predicted molar refractivity (Wildman–Crippen MR) is 100 cm³/mol. The van der Waals surface area contributed by atoms with Gasteiger partial charge in [0, 0.05) is 17.0 Å². The van der Waals surface area contributed by atoms with Crippen molar-refractivity contribution in [3.8, 4) is 22.8 Å². The normalized spacial score (nSPS) is 13.4. The molecule has 2 aromatic heterocycles. The standard InChI is InChI=1S/C18H16N4O4S/c1-10-8-27-18(19-10)20-17(24)11(2)22-16(23)6-4-13(21-22)12-3-5-14-15(7-12)26-9-25-14/h3-8,11H,9H2,1-2H3,(H,19,20,24). The molecule has 0 spiro atoms. The third kappa shape index (κ3) is 3.41. The second-order valence-corrected chi connectivity index (χ2v) is 6.89. The molecule has 3 aromatic rings. The Bertz CT molecular complexity index is 1080. The molecule has 0 fully saturated rings. The number of nitrogens with zero attached hydrogens (tertiary/aromatic N) is 3. The van der Waals surface area contributed by atoms with Crippen LogP contribution < -0.4 is 20.3 Å². The van der Waals surface area contributed by atoms with Gasteiger partial charge in [-0.3, -0.25) is 9.59 Å². The highest BCUT2D eigenvalue weighted by atomic mass is 32.1. The van der Waals surface area contributed by atoms with Crippen LogP contribution in [-0.2, 0) is 4.79 Å². The summed E-state index contributed by atoms with van der Waals surface area (Å²) < 4.78 is 11.8. The number of benzene rings is 1. The van der Waals surface area contributed by atoms with Crippen LogP contribution in [0.5, 0.6) is 11.5 Å². The number of hydrogen-bond acceptors (Lipinski definition) is 7. The summed E-state index contributed by atoms with van der Waals surface area (Å²) >= 11 is 1.33. The van der Waals surface area contributed by atoms with Crippen molar-refractivity contribution in [1.82, 2.24) is 14.8 Å². The third-order valence-electron chi connectivity index (χ3n) is 4.09. The molecule has 1 amide bonds. The van der Waals surface area contributed by atoms with E-state index in [9.17, 15) is 9.59 Å². The van der Waals surface area contributed by atoms with Crippen molar-refractivity contribution in [3.05, 3.63) is 51.8 Å². The van der Waals surface area contributed by atoms with Gasteiger partial charge in [0.2, 0.25) is 6.79 Å². The number of carbonyl (C=O) groups excluding carboxylic acids is 1.